The lowest BCUT2D eigenvalue weighted by Crippen LogP contribution is -1.99. The Hall–Kier alpha value is -1.58. The van der Waals surface area contributed by atoms with Gasteiger partial charge < -0.3 is 10.7 Å². The molecule has 2 heterocycles. The highest BCUT2D eigenvalue weighted by Crippen LogP contribution is 2.37. The third-order valence-electron chi connectivity index (χ3n) is 4.31. The summed E-state index contributed by atoms with van der Waals surface area (Å²) >= 11 is 1.83. The lowest BCUT2D eigenvalue weighted by molar-refractivity contribution is 0.748. The largest absolute Gasteiger partial charge is 0.354 e. The molecule has 116 valence electrons. The average molecular weight is 312 g/mol. The van der Waals surface area contributed by atoms with E-state index >= 15 is 0 Å². The normalized spacial score (nSPS) is 11.5. The molecule has 1 aromatic carbocycles. The van der Waals surface area contributed by atoms with Crippen LogP contribution in [0.25, 0.3) is 21.5 Å². The predicted octanol–water partition coefficient (Wildman–Crippen LogP) is 5.10. The van der Waals surface area contributed by atoms with E-state index in [2.05, 4.69) is 49.3 Å². The second kappa shape index (κ2) is 6.27. The van der Waals surface area contributed by atoms with Crippen LogP contribution in [0.15, 0.2) is 23.6 Å². The number of aromatic nitrogens is 1. The molecule has 2 nitrogen and oxygen atoms in total. The van der Waals surface area contributed by atoms with Gasteiger partial charge in [-0.25, -0.2) is 0 Å². The lowest BCUT2D eigenvalue weighted by Gasteiger charge is -2.06. The van der Waals surface area contributed by atoms with E-state index < -0.39 is 0 Å². The molecule has 0 bridgehead atoms. The van der Waals surface area contributed by atoms with Crippen LogP contribution in [0, 0.1) is 20.8 Å². The molecule has 0 saturated carbocycles. The summed E-state index contributed by atoms with van der Waals surface area (Å²) < 4.78 is 0. The number of H-pyrrole nitrogens is 1. The molecule has 0 unspecified atom stereocenters. The first kappa shape index (κ1) is 15.3. The highest BCUT2D eigenvalue weighted by molar-refractivity contribution is 7.13. The summed E-state index contributed by atoms with van der Waals surface area (Å²) in [6.45, 7) is 7.35. The van der Waals surface area contributed by atoms with Gasteiger partial charge in [0.2, 0.25) is 0 Å². The number of aromatic amines is 1. The van der Waals surface area contributed by atoms with Gasteiger partial charge in [0.1, 0.15) is 0 Å². The Morgan fingerprint density at radius 1 is 1.09 bits per heavy atom. The third kappa shape index (κ3) is 2.71. The molecule has 2 aromatic heterocycles. The second-order valence-corrected chi connectivity index (χ2v) is 7.08. The second-order valence-electron chi connectivity index (χ2n) is 6.16. The molecule has 3 heteroatoms. The number of nitrogens with one attached hydrogen (secondary N) is 1. The predicted molar refractivity (Wildman–Crippen MR) is 97.8 cm³/mol. The molecular formula is C19H24N2S. The van der Waals surface area contributed by atoms with Crippen LogP contribution < -0.4 is 5.73 Å². The van der Waals surface area contributed by atoms with Crippen LogP contribution >= 0.6 is 11.3 Å². The Bertz CT molecular complexity index is 795. The maximum Gasteiger partial charge on any atom is 0.0601 e. The standard InChI is InChI=1S/C19H24N2S/c1-12-10-14(3)17-15(6-4-5-8-20)18(21-16(17)11-12)19-13(2)7-9-22-19/h7,9-11,21H,4-6,8,20H2,1-3H3. The number of aryl methyl sites for hydroxylation is 4. The number of benzene rings is 1. The summed E-state index contributed by atoms with van der Waals surface area (Å²) in [5, 5.41) is 3.59. The molecule has 22 heavy (non-hydrogen) atoms. The van der Waals surface area contributed by atoms with Gasteiger partial charge in [-0.15, -0.1) is 11.3 Å². The molecule has 0 aliphatic heterocycles. The fraction of sp³-hybridized carbons (Fsp3) is 0.368. The van der Waals surface area contributed by atoms with Crippen molar-refractivity contribution in [2.45, 2.75) is 40.0 Å². The Kier molecular flexibility index (Phi) is 4.37. The average Bonchev–Trinajstić information content (AvgIpc) is 3.02. The van der Waals surface area contributed by atoms with Gasteiger partial charge in [-0.1, -0.05) is 6.07 Å². The molecule has 0 atom stereocenters. The number of unbranched alkanes of at least 4 members (excludes halogenated alkanes) is 1. The molecule has 0 aliphatic rings. The zero-order valence-electron chi connectivity index (χ0n) is 13.6. The van der Waals surface area contributed by atoms with Gasteiger partial charge in [-0.3, -0.25) is 0 Å². The highest BCUT2D eigenvalue weighted by Gasteiger charge is 2.17. The molecular weight excluding hydrogens is 288 g/mol. The van der Waals surface area contributed by atoms with Crippen LogP contribution in [0.1, 0.15) is 35.1 Å². The summed E-state index contributed by atoms with van der Waals surface area (Å²) in [6.07, 6.45) is 3.32. The number of nitrogens with two attached hydrogens (primary N) is 1. The van der Waals surface area contributed by atoms with Crippen LogP contribution in [0.5, 0.6) is 0 Å². The first-order chi connectivity index (χ1) is 10.6. The van der Waals surface area contributed by atoms with Crippen molar-refractivity contribution in [3.05, 3.63) is 45.8 Å². The minimum atomic E-state index is 0.772. The first-order valence-corrected chi connectivity index (χ1v) is 8.86. The first-order valence-electron chi connectivity index (χ1n) is 7.98. The fourth-order valence-corrected chi connectivity index (χ4v) is 4.27. The Morgan fingerprint density at radius 3 is 2.59 bits per heavy atom. The number of hydrogen-bond donors (Lipinski definition) is 2. The van der Waals surface area contributed by atoms with Gasteiger partial charge in [0.05, 0.1) is 10.6 Å². The van der Waals surface area contributed by atoms with E-state index in [1.807, 2.05) is 11.3 Å². The van der Waals surface area contributed by atoms with Gasteiger partial charge in [-0.05, 0) is 86.3 Å². The summed E-state index contributed by atoms with van der Waals surface area (Å²) in [5.41, 5.74) is 13.8. The summed E-state index contributed by atoms with van der Waals surface area (Å²) in [7, 11) is 0. The molecule has 0 amide bonds. The Balaban J connectivity index is 2.19. The smallest absolute Gasteiger partial charge is 0.0601 e. The monoisotopic (exact) mass is 312 g/mol. The van der Waals surface area contributed by atoms with E-state index in [9.17, 15) is 0 Å². The van der Waals surface area contributed by atoms with Gasteiger partial charge in [0.15, 0.2) is 0 Å². The molecule has 0 fully saturated rings. The molecule has 3 rings (SSSR count). The van der Waals surface area contributed by atoms with Gasteiger partial charge in [-0.2, -0.15) is 0 Å². The minimum absolute atomic E-state index is 0.772. The van der Waals surface area contributed by atoms with E-state index in [1.165, 1.54) is 43.7 Å². The SMILES string of the molecule is Cc1cc(C)c2c(CCCCN)c(-c3sccc3C)[nH]c2c1. The van der Waals surface area contributed by atoms with Crippen molar-refractivity contribution < 1.29 is 0 Å². The Labute approximate surface area is 136 Å². The van der Waals surface area contributed by atoms with Crippen LogP contribution in [-0.4, -0.2) is 11.5 Å². The van der Waals surface area contributed by atoms with Crippen molar-refractivity contribution in [3.63, 3.8) is 0 Å². The maximum atomic E-state index is 5.68. The van der Waals surface area contributed by atoms with Crippen molar-refractivity contribution in [1.29, 1.82) is 0 Å². The number of fused-ring (bicyclic) bond motifs is 1. The van der Waals surface area contributed by atoms with E-state index in [0.29, 0.717) is 0 Å². The summed E-state index contributed by atoms with van der Waals surface area (Å²) in [6, 6.07) is 6.75. The van der Waals surface area contributed by atoms with E-state index in [-0.39, 0.29) is 0 Å². The molecule has 3 aromatic rings. The summed E-state index contributed by atoms with van der Waals surface area (Å²) in [5.74, 6) is 0. The molecule has 0 aliphatic carbocycles. The van der Waals surface area contributed by atoms with Gasteiger partial charge in [0.25, 0.3) is 0 Å². The topological polar surface area (TPSA) is 41.8 Å². The Morgan fingerprint density at radius 2 is 1.91 bits per heavy atom. The molecule has 0 spiro atoms. The quantitative estimate of drug-likeness (QED) is 0.632. The van der Waals surface area contributed by atoms with Crippen molar-refractivity contribution in [2.24, 2.45) is 5.73 Å². The van der Waals surface area contributed by atoms with Crippen molar-refractivity contribution in [3.8, 4) is 10.6 Å². The summed E-state index contributed by atoms with van der Waals surface area (Å²) in [4.78, 5) is 5.07. The van der Waals surface area contributed by atoms with Crippen molar-refractivity contribution >= 4 is 22.2 Å². The van der Waals surface area contributed by atoms with E-state index in [4.69, 9.17) is 5.73 Å². The molecule has 3 N–H and O–H groups in total. The van der Waals surface area contributed by atoms with Crippen LogP contribution in [0.3, 0.4) is 0 Å². The molecule has 0 saturated heterocycles. The lowest BCUT2D eigenvalue weighted by atomic mass is 9.98. The third-order valence-corrected chi connectivity index (χ3v) is 5.35. The maximum absolute atomic E-state index is 5.68. The van der Waals surface area contributed by atoms with Crippen molar-refractivity contribution in [1.82, 2.24) is 4.98 Å². The highest BCUT2D eigenvalue weighted by atomic mass is 32.1. The number of hydrogen-bond acceptors (Lipinski definition) is 2. The fourth-order valence-electron chi connectivity index (χ4n) is 3.32. The molecule has 0 radical (unpaired) electrons. The van der Waals surface area contributed by atoms with Gasteiger partial charge >= 0.3 is 0 Å². The zero-order valence-corrected chi connectivity index (χ0v) is 14.4. The minimum Gasteiger partial charge on any atom is -0.354 e. The van der Waals surface area contributed by atoms with Crippen LogP contribution in [-0.2, 0) is 6.42 Å². The van der Waals surface area contributed by atoms with Gasteiger partial charge in [0, 0.05) is 10.9 Å². The van der Waals surface area contributed by atoms with Crippen LogP contribution in [0.4, 0.5) is 0 Å². The zero-order chi connectivity index (χ0) is 15.7. The number of rotatable bonds is 5. The van der Waals surface area contributed by atoms with Crippen LogP contribution in [0.2, 0.25) is 0 Å². The van der Waals surface area contributed by atoms with E-state index in [1.54, 1.807) is 0 Å². The number of thiophene rings is 1. The van der Waals surface area contributed by atoms with E-state index in [0.717, 1.165) is 25.8 Å². The van der Waals surface area contributed by atoms with Crippen molar-refractivity contribution in [2.75, 3.05) is 6.54 Å².